The number of aromatic amines is 1. The molecule has 0 unspecified atom stereocenters. The molecule has 0 saturated carbocycles. The lowest BCUT2D eigenvalue weighted by Gasteiger charge is -2.04. The van der Waals surface area contributed by atoms with Gasteiger partial charge in [-0.15, -0.1) is 0 Å². The van der Waals surface area contributed by atoms with Crippen LogP contribution in [-0.4, -0.2) is 16.8 Å². The summed E-state index contributed by atoms with van der Waals surface area (Å²) in [6.45, 7) is 2.78. The highest BCUT2D eigenvalue weighted by Crippen LogP contribution is 2.21. The van der Waals surface area contributed by atoms with Crippen LogP contribution in [-0.2, 0) is 0 Å². The minimum absolute atomic E-state index is 0.138. The Morgan fingerprint density at radius 2 is 2.12 bits per heavy atom. The molecule has 4 nitrogen and oxygen atoms in total. The maximum Gasteiger partial charge on any atom is 0.322 e. The SMILES string of the molecule is CCCOc1ccc(-c2n[nH]c(=O)s2)cc1. The minimum atomic E-state index is -0.138. The molecule has 84 valence electrons. The van der Waals surface area contributed by atoms with Crippen LogP contribution in [0, 0.1) is 0 Å². The van der Waals surface area contributed by atoms with Gasteiger partial charge in [0.2, 0.25) is 0 Å². The van der Waals surface area contributed by atoms with Gasteiger partial charge in [-0.1, -0.05) is 18.3 Å². The first-order chi connectivity index (χ1) is 7.79. The zero-order valence-electron chi connectivity index (χ0n) is 8.90. The summed E-state index contributed by atoms with van der Waals surface area (Å²) in [5.74, 6) is 0.841. The van der Waals surface area contributed by atoms with Crippen molar-refractivity contribution in [3.63, 3.8) is 0 Å². The molecule has 1 heterocycles. The molecule has 1 N–H and O–H groups in total. The molecule has 2 rings (SSSR count). The zero-order chi connectivity index (χ0) is 11.4. The van der Waals surface area contributed by atoms with Gasteiger partial charge < -0.3 is 4.74 Å². The van der Waals surface area contributed by atoms with E-state index in [2.05, 4.69) is 17.1 Å². The summed E-state index contributed by atoms with van der Waals surface area (Å²) in [7, 11) is 0. The lowest BCUT2D eigenvalue weighted by Crippen LogP contribution is -1.94. The summed E-state index contributed by atoms with van der Waals surface area (Å²) in [6, 6.07) is 7.57. The molecule has 1 aromatic heterocycles. The number of rotatable bonds is 4. The third-order valence-electron chi connectivity index (χ3n) is 2.01. The Kier molecular flexibility index (Phi) is 3.36. The van der Waals surface area contributed by atoms with E-state index in [1.165, 1.54) is 0 Å². The molecule has 0 atom stereocenters. The average Bonchev–Trinajstić information content (AvgIpc) is 2.74. The van der Waals surface area contributed by atoms with E-state index < -0.39 is 0 Å². The molecule has 0 aliphatic rings. The van der Waals surface area contributed by atoms with Gasteiger partial charge in [-0.25, -0.2) is 5.10 Å². The monoisotopic (exact) mass is 236 g/mol. The van der Waals surface area contributed by atoms with Crippen LogP contribution in [0.5, 0.6) is 5.75 Å². The van der Waals surface area contributed by atoms with E-state index in [-0.39, 0.29) is 4.87 Å². The Hall–Kier alpha value is -1.62. The molecule has 0 bridgehead atoms. The largest absolute Gasteiger partial charge is 0.494 e. The molecule has 5 heteroatoms. The fourth-order valence-electron chi connectivity index (χ4n) is 1.27. The van der Waals surface area contributed by atoms with Crippen molar-refractivity contribution in [1.82, 2.24) is 10.2 Å². The smallest absolute Gasteiger partial charge is 0.322 e. The van der Waals surface area contributed by atoms with Crippen molar-refractivity contribution in [2.24, 2.45) is 0 Å². The second kappa shape index (κ2) is 4.94. The predicted molar refractivity (Wildman–Crippen MR) is 64.0 cm³/mol. The number of nitrogens with one attached hydrogen (secondary N) is 1. The number of aromatic nitrogens is 2. The van der Waals surface area contributed by atoms with Gasteiger partial charge in [-0.2, -0.15) is 5.10 Å². The summed E-state index contributed by atoms with van der Waals surface area (Å²) in [4.78, 5) is 10.8. The third-order valence-corrected chi connectivity index (χ3v) is 2.81. The van der Waals surface area contributed by atoms with Crippen LogP contribution in [0.4, 0.5) is 0 Å². The first-order valence-corrected chi connectivity index (χ1v) is 5.90. The number of hydrogen-bond acceptors (Lipinski definition) is 4. The van der Waals surface area contributed by atoms with E-state index in [0.29, 0.717) is 5.01 Å². The molecule has 1 aromatic carbocycles. The molecule has 0 aliphatic carbocycles. The predicted octanol–water partition coefficient (Wildman–Crippen LogP) is 2.29. The molecule has 0 fully saturated rings. The fourth-order valence-corrected chi connectivity index (χ4v) is 1.88. The molecule has 0 radical (unpaired) electrons. The number of hydrogen-bond donors (Lipinski definition) is 1. The summed E-state index contributed by atoms with van der Waals surface area (Å²) in [5.41, 5.74) is 0.923. The van der Waals surface area contributed by atoms with Crippen LogP contribution < -0.4 is 9.61 Å². The lowest BCUT2D eigenvalue weighted by atomic mass is 10.2. The molecule has 0 aliphatic heterocycles. The van der Waals surface area contributed by atoms with E-state index in [9.17, 15) is 4.79 Å². The van der Waals surface area contributed by atoms with Crippen molar-refractivity contribution in [1.29, 1.82) is 0 Å². The van der Waals surface area contributed by atoms with Gasteiger partial charge in [0.05, 0.1) is 6.61 Å². The Balaban J connectivity index is 2.16. The number of nitrogens with zero attached hydrogens (tertiary/aromatic N) is 1. The molecular weight excluding hydrogens is 224 g/mol. The van der Waals surface area contributed by atoms with Gasteiger partial charge in [0, 0.05) is 5.56 Å². The first-order valence-electron chi connectivity index (χ1n) is 5.08. The zero-order valence-corrected chi connectivity index (χ0v) is 9.71. The van der Waals surface area contributed by atoms with Gasteiger partial charge >= 0.3 is 4.87 Å². The maximum atomic E-state index is 10.9. The van der Waals surface area contributed by atoms with Crippen molar-refractivity contribution in [3.8, 4) is 16.3 Å². The van der Waals surface area contributed by atoms with Gasteiger partial charge in [0.1, 0.15) is 10.8 Å². The third kappa shape index (κ3) is 2.49. The van der Waals surface area contributed by atoms with E-state index in [1.807, 2.05) is 24.3 Å². The Bertz CT molecular complexity index is 501. The molecule has 16 heavy (non-hydrogen) atoms. The van der Waals surface area contributed by atoms with Crippen LogP contribution in [0.2, 0.25) is 0 Å². The topological polar surface area (TPSA) is 55.0 Å². The average molecular weight is 236 g/mol. The van der Waals surface area contributed by atoms with Crippen LogP contribution >= 0.6 is 11.3 Å². The molecule has 0 spiro atoms. The van der Waals surface area contributed by atoms with E-state index in [0.717, 1.165) is 35.7 Å². The molecule has 0 saturated heterocycles. The first kappa shape index (κ1) is 10.9. The van der Waals surface area contributed by atoms with Crippen molar-refractivity contribution in [3.05, 3.63) is 33.9 Å². The number of benzene rings is 1. The molecule has 0 amide bonds. The summed E-state index contributed by atoms with van der Waals surface area (Å²) >= 11 is 1.10. The lowest BCUT2D eigenvalue weighted by molar-refractivity contribution is 0.317. The highest BCUT2D eigenvalue weighted by Gasteiger charge is 2.03. The number of H-pyrrole nitrogens is 1. The molecule has 2 aromatic rings. The highest BCUT2D eigenvalue weighted by molar-refractivity contribution is 7.12. The Labute approximate surface area is 96.9 Å². The quantitative estimate of drug-likeness (QED) is 0.886. The highest BCUT2D eigenvalue weighted by atomic mass is 32.1. The van der Waals surface area contributed by atoms with Crippen LogP contribution in [0.3, 0.4) is 0 Å². The minimum Gasteiger partial charge on any atom is -0.494 e. The van der Waals surface area contributed by atoms with Crippen molar-refractivity contribution >= 4 is 11.3 Å². The maximum absolute atomic E-state index is 10.9. The van der Waals surface area contributed by atoms with E-state index in [4.69, 9.17) is 4.74 Å². The van der Waals surface area contributed by atoms with Crippen LogP contribution in [0.15, 0.2) is 29.1 Å². The van der Waals surface area contributed by atoms with Crippen LogP contribution in [0.1, 0.15) is 13.3 Å². The standard InChI is InChI=1S/C11H12N2O2S/c1-2-7-15-9-5-3-8(4-6-9)10-12-13-11(14)16-10/h3-6H,2,7H2,1H3,(H,13,14). The van der Waals surface area contributed by atoms with Gasteiger partial charge in [0.25, 0.3) is 0 Å². The van der Waals surface area contributed by atoms with Crippen LogP contribution in [0.25, 0.3) is 10.6 Å². The Morgan fingerprint density at radius 1 is 1.38 bits per heavy atom. The van der Waals surface area contributed by atoms with Gasteiger partial charge in [0.15, 0.2) is 0 Å². The summed E-state index contributed by atoms with van der Waals surface area (Å²) in [6.07, 6.45) is 0.989. The number of ether oxygens (including phenoxy) is 1. The van der Waals surface area contributed by atoms with Gasteiger partial charge in [-0.3, -0.25) is 4.79 Å². The second-order valence-corrected chi connectivity index (χ2v) is 4.25. The Morgan fingerprint density at radius 3 is 2.69 bits per heavy atom. The second-order valence-electron chi connectivity index (χ2n) is 3.29. The fraction of sp³-hybridized carbons (Fsp3) is 0.273. The normalized spacial score (nSPS) is 10.3. The van der Waals surface area contributed by atoms with Crippen molar-refractivity contribution in [2.45, 2.75) is 13.3 Å². The van der Waals surface area contributed by atoms with Gasteiger partial charge in [-0.05, 0) is 30.7 Å². The molecular formula is C11H12N2O2S. The van der Waals surface area contributed by atoms with E-state index >= 15 is 0 Å². The summed E-state index contributed by atoms with van der Waals surface area (Å²) < 4.78 is 5.46. The van der Waals surface area contributed by atoms with Crippen molar-refractivity contribution < 1.29 is 4.74 Å². The van der Waals surface area contributed by atoms with E-state index in [1.54, 1.807) is 0 Å². The van der Waals surface area contributed by atoms with Crippen molar-refractivity contribution in [2.75, 3.05) is 6.61 Å². The summed E-state index contributed by atoms with van der Waals surface area (Å²) in [5, 5.41) is 7.02.